The Kier molecular flexibility index (Phi) is 3.48. The van der Waals surface area contributed by atoms with Crippen molar-refractivity contribution in [2.75, 3.05) is 0 Å². The Balaban J connectivity index is 2.32. The van der Waals surface area contributed by atoms with Crippen molar-refractivity contribution >= 4 is 0 Å². The van der Waals surface area contributed by atoms with E-state index in [1.807, 2.05) is 0 Å². The summed E-state index contributed by atoms with van der Waals surface area (Å²) in [5.74, 6) is 2.18. The molecule has 0 saturated carbocycles. The van der Waals surface area contributed by atoms with Gasteiger partial charge in [0.2, 0.25) is 0 Å². The molecule has 0 amide bonds. The summed E-state index contributed by atoms with van der Waals surface area (Å²) in [6.45, 7) is 7.07. The Bertz CT molecular complexity index is 361. The lowest BCUT2D eigenvalue weighted by atomic mass is 9.80. The molecule has 0 spiro atoms. The smallest absolute Gasteiger partial charge is 0.00487 e. The highest BCUT2D eigenvalue weighted by molar-refractivity contribution is 5.27. The van der Waals surface area contributed by atoms with Gasteiger partial charge in [-0.1, -0.05) is 55.8 Å². The molecule has 0 heterocycles. The summed E-state index contributed by atoms with van der Waals surface area (Å²) in [5, 5.41) is 0. The number of hydrogen-bond donors (Lipinski definition) is 0. The fourth-order valence-corrected chi connectivity index (χ4v) is 2.69. The molecule has 1 aromatic carbocycles. The molecule has 0 radical (unpaired) electrons. The number of rotatable bonds is 1. The van der Waals surface area contributed by atoms with Crippen LogP contribution in [0.1, 0.15) is 45.1 Å². The lowest BCUT2D eigenvalue weighted by Crippen LogP contribution is -2.14. The maximum absolute atomic E-state index is 2.49. The van der Waals surface area contributed by atoms with Crippen molar-refractivity contribution in [2.45, 2.75) is 39.5 Å². The maximum atomic E-state index is 2.49. The van der Waals surface area contributed by atoms with Crippen LogP contribution in [0.4, 0.5) is 0 Å². The molecule has 0 aromatic heterocycles. The van der Waals surface area contributed by atoms with Crippen LogP contribution in [0.3, 0.4) is 0 Å². The molecule has 0 aliphatic heterocycles. The Hall–Kier alpha value is -1.04. The lowest BCUT2D eigenvalue weighted by molar-refractivity contribution is 0.347. The predicted molar refractivity (Wildman–Crippen MR) is 70.5 cm³/mol. The minimum absolute atomic E-state index is 0.610. The SMILES string of the molecule is CC1=CC(c2ccccc2)C(C)C(C)CC1. The molecule has 1 aromatic rings. The van der Waals surface area contributed by atoms with Crippen molar-refractivity contribution in [1.29, 1.82) is 0 Å². The Morgan fingerprint density at radius 1 is 1.06 bits per heavy atom. The standard InChI is InChI=1S/C16H22/c1-12-9-10-13(2)14(3)16(11-12)15-7-5-4-6-8-15/h4-8,11,13-14,16H,9-10H2,1-3H3. The average molecular weight is 214 g/mol. The third kappa shape index (κ3) is 2.37. The van der Waals surface area contributed by atoms with Gasteiger partial charge in [-0.05, 0) is 37.2 Å². The summed E-state index contributed by atoms with van der Waals surface area (Å²) < 4.78 is 0. The van der Waals surface area contributed by atoms with E-state index in [9.17, 15) is 0 Å². The highest BCUT2D eigenvalue weighted by Crippen LogP contribution is 2.37. The second-order valence-corrected chi connectivity index (χ2v) is 5.32. The Labute approximate surface area is 99.4 Å². The average Bonchev–Trinajstić information content (AvgIpc) is 2.44. The van der Waals surface area contributed by atoms with E-state index in [0.29, 0.717) is 5.92 Å². The highest BCUT2D eigenvalue weighted by Gasteiger charge is 2.24. The monoisotopic (exact) mass is 214 g/mol. The van der Waals surface area contributed by atoms with Crippen LogP contribution in [0.2, 0.25) is 0 Å². The van der Waals surface area contributed by atoms with Crippen molar-refractivity contribution in [1.82, 2.24) is 0 Å². The summed E-state index contributed by atoms with van der Waals surface area (Å²) >= 11 is 0. The molecule has 0 saturated heterocycles. The highest BCUT2D eigenvalue weighted by atomic mass is 14.3. The molecular weight excluding hydrogens is 192 g/mol. The zero-order valence-corrected chi connectivity index (χ0v) is 10.6. The van der Waals surface area contributed by atoms with Gasteiger partial charge in [0.1, 0.15) is 0 Å². The molecule has 1 aliphatic carbocycles. The topological polar surface area (TPSA) is 0 Å². The largest absolute Gasteiger partial charge is 0.0778 e. The fourth-order valence-electron chi connectivity index (χ4n) is 2.69. The van der Waals surface area contributed by atoms with Crippen molar-refractivity contribution in [3.8, 4) is 0 Å². The van der Waals surface area contributed by atoms with Gasteiger partial charge in [0.15, 0.2) is 0 Å². The summed E-state index contributed by atoms with van der Waals surface area (Å²) in [5.41, 5.74) is 3.04. The first-order valence-electron chi connectivity index (χ1n) is 6.40. The number of hydrogen-bond acceptors (Lipinski definition) is 0. The van der Waals surface area contributed by atoms with E-state index < -0.39 is 0 Å². The molecule has 1 aliphatic rings. The van der Waals surface area contributed by atoms with Crippen LogP contribution in [0.5, 0.6) is 0 Å². The minimum atomic E-state index is 0.610. The predicted octanol–water partition coefficient (Wildman–Crippen LogP) is 4.78. The zero-order valence-electron chi connectivity index (χ0n) is 10.6. The molecule has 3 atom stereocenters. The summed E-state index contributed by atoms with van der Waals surface area (Å²) in [6.07, 6.45) is 5.10. The first-order valence-corrected chi connectivity index (χ1v) is 6.40. The quantitative estimate of drug-likeness (QED) is 0.590. The van der Waals surface area contributed by atoms with Gasteiger partial charge in [0, 0.05) is 5.92 Å². The van der Waals surface area contributed by atoms with E-state index in [2.05, 4.69) is 57.2 Å². The van der Waals surface area contributed by atoms with Crippen LogP contribution < -0.4 is 0 Å². The van der Waals surface area contributed by atoms with Gasteiger partial charge in [-0.15, -0.1) is 0 Å². The molecule has 0 fully saturated rings. The maximum Gasteiger partial charge on any atom is 0.00487 e. The van der Waals surface area contributed by atoms with Gasteiger partial charge in [0.25, 0.3) is 0 Å². The van der Waals surface area contributed by atoms with Crippen LogP contribution >= 0.6 is 0 Å². The first kappa shape index (κ1) is 11.4. The second kappa shape index (κ2) is 4.86. The molecule has 86 valence electrons. The van der Waals surface area contributed by atoms with Gasteiger partial charge in [-0.25, -0.2) is 0 Å². The van der Waals surface area contributed by atoms with Crippen molar-refractivity contribution in [3.63, 3.8) is 0 Å². The number of allylic oxidation sites excluding steroid dienone is 2. The van der Waals surface area contributed by atoms with E-state index in [-0.39, 0.29) is 0 Å². The molecule has 0 bridgehead atoms. The summed E-state index contributed by atoms with van der Waals surface area (Å²) in [7, 11) is 0. The van der Waals surface area contributed by atoms with E-state index in [4.69, 9.17) is 0 Å². The molecule has 0 nitrogen and oxygen atoms in total. The van der Waals surface area contributed by atoms with Crippen LogP contribution in [-0.2, 0) is 0 Å². The fraction of sp³-hybridized carbons (Fsp3) is 0.500. The van der Waals surface area contributed by atoms with Crippen molar-refractivity contribution < 1.29 is 0 Å². The Morgan fingerprint density at radius 2 is 1.75 bits per heavy atom. The van der Waals surface area contributed by atoms with Gasteiger partial charge in [0.05, 0.1) is 0 Å². The van der Waals surface area contributed by atoms with Crippen LogP contribution in [0, 0.1) is 11.8 Å². The Morgan fingerprint density at radius 3 is 2.44 bits per heavy atom. The third-order valence-corrected chi connectivity index (χ3v) is 4.11. The van der Waals surface area contributed by atoms with Gasteiger partial charge < -0.3 is 0 Å². The van der Waals surface area contributed by atoms with Gasteiger partial charge >= 0.3 is 0 Å². The van der Waals surface area contributed by atoms with E-state index in [1.54, 1.807) is 5.57 Å². The van der Waals surface area contributed by atoms with Gasteiger partial charge in [-0.3, -0.25) is 0 Å². The van der Waals surface area contributed by atoms with Crippen molar-refractivity contribution in [2.24, 2.45) is 11.8 Å². The van der Waals surface area contributed by atoms with Gasteiger partial charge in [-0.2, -0.15) is 0 Å². The molecule has 16 heavy (non-hydrogen) atoms. The van der Waals surface area contributed by atoms with Crippen LogP contribution in [0.15, 0.2) is 42.0 Å². The summed E-state index contributed by atoms with van der Waals surface area (Å²) in [6, 6.07) is 10.9. The van der Waals surface area contributed by atoms with E-state index in [1.165, 1.54) is 18.4 Å². The minimum Gasteiger partial charge on any atom is -0.0778 e. The van der Waals surface area contributed by atoms with E-state index in [0.717, 1.165) is 11.8 Å². The second-order valence-electron chi connectivity index (χ2n) is 5.32. The lowest BCUT2D eigenvalue weighted by Gasteiger charge is -2.25. The van der Waals surface area contributed by atoms with E-state index >= 15 is 0 Å². The first-order chi connectivity index (χ1) is 7.68. The molecule has 0 heteroatoms. The third-order valence-electron chi connectivity index (χ3n) is 4.11. The van der Waals surface area contributed by atoms with Crippen molar-refractivity contribution in [3.05, 3.63) is 47.5 Å². The van der Waals surface area contributed by atoms with Crippen LogP contribution in [-0.4, -0.2) is 0 Å². The van der Waals surface area contributed by atoms with Crippen LogP contribution in [0.25, 0.3) is 0 Å². The molecule has 3 unspecified atom stereocenters. The molecular formula is C16H22. The normalized spacial score (nSPS) is 30.7. The summed E-state index contributed by atoms with van der Waals surface area (Å²) in [4.78, 5) is 0. The molecule has 0 N–H and O–H groups in total. The number of benzene rings is 1. The molecule has 2 rings (SSSR count). The zero-order chi connectivity index (χ0) is 11.5.